The van der Waals surface area contributed by atoms with E-state index in [0.717, 1.165) is 22.2 Å². The first-order valence-electron chi connectivity index (χ1n) is 8.18. The Kier molecular flexibility index (Phi) is 4.44. The lowest BCUT2D eigenvalue weighted by molar-refractivity contribution is -0.384. The van der Waals surface area contributed by atoms with Crippen molar-refractivity contribution in [3.8, 4) is 22.8 Å². The van der Waals surface area contributed by atoms with Gasteiger partial charge in [0.15, 0.2) is 0 Å². The summed E-state index contributed by atoms with van der Waals surface area (Å²) in [7, 11) is 0. The van der Waals surface area contributed by atoms with Gasteiger partial charge in [-0.05, 0) is 36.4 Å². The summed E-state index contributed by atoms with van der Waals surface area (Å²) in [5.41, 5.74) is 2.41. The number of nitro benzene ring substituents is 1. The molecule has 0 amide bonds. The second-order valence-corrected chi connectivity index (χ2v) is 6.32. The minimum Gasteiger partial charge on any atom is -0.457 e. The summed E-state index contributed by atoms with van der Waals surface area (Å²) in [4.78, 5) is 15.1. The first kappa shape index (κ1) is 17.0. The summed E-state index contributed by atoms with van der Waals surface area (Å²) in [5, 5.41) is 12.3. The molecule has 1 heterocycles. The predicted octanol–water partition coefficient (Wildman–Crippen LogP) is 6.26. The van der Waals surface area contributed by atoms with E-state index in [4.69, 9.17) is 21.3 Å². The Labute approximate surface area is 160 Å². The van der Waals surface area contributed by atoms with E-state index in [1.807, 2.05) is 48.5 Å². The van der Waals surface area contributed by atoms with Crippen LogP contribution in [-0.2, 0) is 0 Å². The van der Waals surface area contributed by atoms with Gasteiger partial charge in [0.1, 0.15) is 11.5 Å². The Morgan fingerprint density at radius 2 is 1.70 bits per heavy atom. The number of pyridine rings is 1. The molecule has 0 aliphatic carbocycles. The fourth-order valence-electron chi connectivity index (χ4n) is 2.79. The van der Waals surface area contributed by atoms with Gasteiger partial charge in [-0.25, -0.2) is 4.98 Å². The minimum absolute atomic E-state index is 0.0153. The maximum Gasteiger partial charge on any atom is 0.269 e. The molecule has 6 heteroatoms. The second kappa shape index (κ2) is 7.05. The Morgan fingerprint density at radius 3 is 2.44 bits per heavy atom. The molecule has 0 N–H and O–H groups in total. The van der Waals surface area contributed by atoms with Crippen molar-refractivity contribution >= 4 is 28.2 Å². The topological polar surface area (TPSA) is 65.3 Å². The van der Waals surface area contributed by atoms with Gasteiger partial charge in [0.2, 0.25) is 0 Å². The number of nitro groups is 1. The largest absolute Gasteiger partial charge is 0.457 e. The number of non-ortho nitro benzene ring substituents is 1. The summed E-state index contributed by atoms with van der Waals surface area (Å²) >= 11 is 6.11. The molecule has 0 aliphatic heterocycles. The molecule has 0 atom stereocenters. The minimum atomic E-state index is -0.442. The van der Waals surface area contributed by atoms with Crippen molar-refractivity contribution in [1.82, 2.24) is 4.98 Å². The van der Waals surface area contributed by atoms with Gasteiger partial charge in [-0.1, -0.05) is 35.9 Å². The van der Waals surface area contributed by atoms with Crippen LogP contribution in [0, 0.1) is 10.1 Å². The number of halogens is 1. The average Bonchev–Trinajstić information content (AvgIpc) is 2.68. The van der Waals surface area contributed by atoms with Crippen LogP contribution in [0.25, 0.3) is 22.2 Å². The van der Waals surface area contributed by atoms with Crippen LogP contribution in [0.15, 0.2) is 78.9 Å². The Morgan fingerprint density at radius 1 is 0.926 bits per heavy atom. The molecule has 3 aromatic carbocycles. The highest BCUT2D eigenvalue weighted by Gasteiger charge is 2.11. The number of aromatic nitrogens is 1. The number of nitrogens with zero attached hydrogens (tertiary/aromatic N) is 2. The molecule has 0 aliphatic rings. The second-order valence-electron chi connectivity index (χ2n) is 5.89. The number of fused-ring (bicyclic) bond motifs is 1. The van der Waals surface area contributed by atoms with Crippen LogP contribution in [0.2, 0.25) is 5.02 Å². The zero-order valence-corrected chi connectivity index (χ0v) is 14.8. The van der Waals surface area contributed by atoms with E-state index in [1.54, 1.807) is 18.2 Å². The number of hydrogen-bond acceptors (Lipinski definition) is 4. The van der Waals surface area contributed by atoms with Crippen LogP contribution in [0.3, 0.4) is 0 Å². The van der Waals surface area contributed by atoms with Crippen molar-refractivity contribution < 1.29 is 9.66 Å². The molecule has 0 unspecified atom stereocenters. The van der Waals surface area contributed by atoms with Gasteiger partial charge in [-0.3, -0.25) is 10.1 Å². The van der Waals surface area contributed by atoms with Crippen LogP contribution in [0.1, 0.15) is 0 Å². The molecule has 5 nitrogen and oxygen atoms in total. The van der Waals surface area contributed by atoms with Crippen molar-refractivity contribution in [2.45, 2.75) is 0 Å². The summed E-state index contributed by atoms with van der Waals surface area (Å²) < 4.78 is 6.02. The zero-order chi connectivity index (χ0) is 18.8. The first-order valence-corrected chi connectivity index (χ1v) is 8.56. The van der Waals surface area contributed by atoms with Crippen LogP contribution in [0.4, 0.5) is 5.69 Å². The number of benzene rings is 3. The average molecular weight is 377 g/mol. The molecule has 0 radical (unpaired) electrons. The van der Waals surface area contributed by atoms with E-state index >= 15 is 0 Å². The van der Waals surface area contributed by atoms with Gasteiger partial charge < -0.3 is 4.74 Å². The van der Waals surface area contributed by atoms with Gasteiger partial charge in [0.05, 0.1) is 16.1 Å². The van der Waals surface area contributed by atoms with Crippen LogP contribution in [0.5, 0.6) is 11.5 Å². The lowest BCUT2D eigenvalue weighted by Gasteiger charge is -2.11. The van der Waals surface area contributed by atoms with Gasteiger partial charge >= 0.3 is 0 Å². The molecule has 0 spiro atoms. The van der Waals surface area contributed by atoms with E-state index in [9.17, 15) is 10.1 Å². The monoisotopic (exact) mass is 376 g/mol. The fourth-order valence-corrected chi connectivity index (χ4v) is 2.98. The van der Waals surface area contributed by atoms with E-state index < -0.39 is 4.92 Å². The zero-order valence-electron chi connectivity index (χ0n) is 14.0. The van der Waals surface area contributed by atoms with Crippen LogP contribution >= 0.6 is 11.6 Å². The molecule has 4 rings (SSSR count). The van der Waals surface area contributed by atoms with Gasteiger partial charge in [0, 0.05) is 34.2 Å². The highest BCUT2D eigenvalue weighted by atomic mass is 35.5. The van der Waals surface area contributed by atoms with Crippen molar-refractivity contribution in [3.63, 3.8) is 0 Å². The molecule has 0 fully saturated rings. The molecule has 1 aromatic heterocycles. The third-order valence-electron chi connectivity index (χ3n) is 4.07. The summed E-state index contributed by atoms with van der Waals surface area (Å²) in [6.45, 7) is 0. The first-order chi connectivity index (χ1) is 13.1. The Bertz CT molecular complexity index is 1140. The molecule has 4 aromatic rings. The maximum absolute atomic E-state index is 10.8. The van der Waals surface area contributed by atoms with Crippen molar-refractivity contribution in [2.75, 3.05) is 0 Å². The number of ether oxygens (including phenoxy) is 1. The SMILES string of the molecule is O=[N+]([O-])c1ccc(Oc2cc(-c3cccc(Cl)c3)nc3ccccc23)cc1. The smallest absolute Gasteiger partial charge is 0.269 e. The van der Waals surface area contributed by atoms with Crippen molar-refractivity contribution in [1.29, 1.82) is 0 Å². The number of para-hydroxylation sites is 1. The maximum atomic E-state index is 10.8. The lowest BCUT2D eigenvalue weighted by atomic mass is 10.1. The van der Waals surface area contributed by atoms with Crippen LogP contribution < -0.4 is 4.74 Å². The summed E-state index contributed by atoms with van der Waals surface area (Å²) in [5.74, 6) is 1.12. The van der Waals surface area contributed by atoms with E-state index in [0.29, 0.717) is 16.5 Å². The summed E-state index contributed by atoms with van der Waals surface area (Å²) in [6.07, 6.45) is 0. The number of rotatable bonds is 4. The Hall–Kier alpha value is -3.44. The predicted molar refractivity (Wildman–Crippen MR) is 105 cm³/mol. The normalized spacial score (nSPS) is 10.7. The molecule has 0 saturated carbocycles. The highest BCUT2D eigenvalue weighted by molar-refractivity contribution is 6.30. The van der Waals surface area contributed by atoms with Crippen molar-refractivity contribution in [2.24, 2.45) is 0 Å². The van der Waals surface area contributed by atoms with E-state index in [1.165, 1.54) is 12.1 Å². The molecule has 27 heavy (non-hydrogen) atoms. The van der Waals surface area contributed by atoms with Gasteiger partial charge in [-0.2, -0.15) is 0 Å². The quantitative estimate of drug-likeness (QED) is 0.311. The highest BCUT2D eigenvalue weighted by Crippen LogP contribution is 2.34. The fraction of sp³-hybridized carbons (Fsp3) is 0. The third kappa shape index (κ3) is 3.59. The molecular formula is C21H13ClN2O3. The Balaban J connectivity index is 1.80. The number of hydrogen-bond donors (Lipinski definition) is 0. The summed E-state index contributed by atoms with van der Waals surface area (Å²) in [6, 6.07) is 22.9. The molecule has 0 saturated heterocycles. The molecule has 0 bridgehead atoms. The molecular weight excluding hydrogens is 364 g/mol. The standard InChI is InChI=1S/C21H13ClN2O3/c22-15-5-3-4-14(12-15)20-13-21(18-6-1-2-7-19(18)23-20)27-17-10-8-16(9-11-17)24(25)26/h1-13H. The molecule has 132 valence electrons. The van der Waals surface area contributed by atoms with Crippen LogP contribution in [-0.4, -0.2) is 9.91 Å². The van der Waals surface area contributed by atoms with Gasteiger partial charge in [-0.15, -0.1) is 0 Å². The van der Waals surface area contributed by atoms with Crippen molar-refractivity contribution in [3.05, 3.63) is 94.0 Å². The van der Waals surface area contributed by atoms with E-state index in [-0.39, 0.29) is 5.69 Å². The van der Waals surface area contributed by atoms with E-state index in [2.05, 4.69) is 0 Å². The third-order valence-corrected chi connectivity index (χ3v) is 4.31. The lowest BCUT2D eigenvalue weighted by Crippen LogP contribution is -1.92. The van der Waals surface area contributed by atoms with Gasteiger partial charge in [0.25, 0.3) is 5.69 Å².